The molecule has 1 amide bonds. The summed E-state index contributed by atoms with van der Waals surface area (Å²) in [6.45, 7) is 2.60. The summed E-state index contributed by atoms with van der Waals surface area (Å²) in [6, 6.07) is 11.1. The van der Waals surface area contributed by atoms with E-state index in [0.29, 0.717) is 17.1 Å². The van der Waals surface area contributed by atoms with Crippen LogP contribution in [0.1, 0.15) is 28.8 Å². The SMILES string of the molecule is O=C(NCc1ccc(N2CCCC2)nc1)c1ccccc1Cl. The molecule has 0 unspecified atom stereocenters. The molecule has 3 rings (SSSR count). The zero-order valence-electron chi connectivity index (χ0n) is 12.3. The van der Waals surface area contributed by atoms with E-state index in [9.17, 15) is 4.79 Å². The standard InChI is InChI=1S/C17H18ClN3O/c18-15-6-2-1-5-14(15)17(22)20-12-13-7-8-16(19-11-13)21-9-3-4-10-21/h1-2,5-8,11H,3-4,9-10,12H2,(H,20,22). The number of amides is 1. The molecule has 1 aromatic heterocycles. The van der Waals surface area contributed by atoms with Crippen LogP contribution in [-0.4, -0.2) is 24.0 Å². The normalized spacial score (nSPS) is 14.1. The van der Waals surface area contributed by atoms with E-state index in [1.807, 2.05) is 18.3 Å². The molecule has 1 aromatic carbocycles. The van der Waals surface area contributed by atoms with E-state index in [1.165, 1.54) is 12.8 Å². The lowest BCUT2D eigenvalue weighted by molar-refractivity contribution is 0.0951. The van der Waals surface area contributed by atoms with Crippen LogP contribution in [0.25, 0.3) is 0 Å². The Labute approximate surface area is 135 Å². The first kappa shape index (κ1) is 14.9. The highest BCUT2D eigenvalue weighted by atomic mass is 35.5. The summed E-state index contributed by atoms with van der Waals surface area (Å²) in [7, 11) is 0. The van der Waals surface area contributed by atoms with Crippen molar-refractivity contribution in [2.75, 3.05) is 18.0 Å². The van der Waals surface area contributed by atoms with Crippen molar-refractivity contribution in [3.8, 4) is 0 Å². The van der Waals surface area contributed by atoms with Gasteiger partial charge < -0.3 is 10.2 Å². The molecule has 22 heavy (non-hydrogen) atoms. The molecule has 4 nitrogen and oxygen atoms in total. The molecule has 0 aliphatic carbocycles. The van der Waals surface area contributed by atoms with E-state index in [-0.39, 0.29) is 5.91 Å². The van der Waals surface area contributed by atoms with Crippen molar-refractivity contribution in [2.24, 2.45) is 0 Å². The molecule has 0 spiro atoms. The molecule has 1 saturated heterocycles. The molecule has 1 fully saturated rings. The molecule has 5 heteroatoms. The summed E-state index contributed by atoms with van der Waals surface area (Å²) >= 11 is 6.02. The van der Waals surface area contributed by atoms with E-state index in [0.717, 1.165) is 24.5 Å². The Morgan fingerprint density at radius 3 is 2.64 bits per heavy atom. The van der Waals surface area contributed by atoms with Crippen molar-refractivity contribution in [2.45, 2.75) is 19.4 Å². The van der Waals surface area contributed by atoms with Gasteiger partial charge in [0.15, 0.2) is 0 Å². The van der Waals surface area contributed by atoms with Crippen LogP contribution in [0, 0.1) is 0 Å². The average molecular weight is 316 g/mol. The van der Waals surface area contributed by atoms with Gasteiger partial charge in [0, 0.05) is 25.8 Å². The van der Waals surface area contributed by atoms with Gasteiger partial charge in [-0.3, -0.25) is 4.79 Å². The van der Waals surface area contributed by atoms with E-state index >= 15 is 0 Å². The summed E-state index contributed by atoms with van der Waals surface area (Å²) in [5, 5.41) is 3.33. The van der Waals surface area contributed by atoms with Crippen molar-refractivity contribution in [1.82, 2.24) is 10.3 Å². The summed E-state index contributed by atoms with van der Waals surface area (Å²) in [6.07, 6.45) is 4.29. The topological polar surface area (TPSA) is 45.2 Å². The molecule has 0 atom stereocenters. The van der Waals surface area contributed by atoms with Gasteiger partial charge in [-0.1, -0.05) is 29.8 Å². The van der Waals surface area contributed by atoms with Crippen molar-refractivity contribution in [1.29, 1.82) is 0 Å². The molecule has 1 aliphatic heterocycles. The number of hydrogen-bond acceptors (Lipinski definition) is 3. The van der Waals surface area contributed by atoms with Gasteiger partial charge in [-0.25, -0.2) is 4.98 Å². The maximum atomic E-state index is 12.1. The van der Waals surface area contributed by atoms with Gasteiger partial charge in [-0.15, -0.1) is 0 Å². The zero-order valence-corrected chi connectivity index (χ0v) is 13.0. The molecule has 2 heterocycles. The number of anilines is 1. The monoisotopic (exact) mass is 315 g/mol. The second-order valence-corrected chi connectivity index (χ2v) is 5.79. The Bertz CT molecular complexity index is 651. The third kappa shape index (κ3) is 3.39. The zero-order chi connectivity index (χ0) is 15.4. The van der Waals surface area contributed by atoms with Gasteiger partial charge in [0.25, 0.3) is 5.91 Å². The minimum absolute atomic E-state index is 0.172. The lowest BCUT2D eigenvalue weighted by atomic mass is 10.2. The quantitative estimate of drug-likeness (QED) is 0.942. The molecule has 114 valence electrons. The predicted molar refractivity (Wildman–Crippen MR) is 88.3 cm³/mol. The van der Waals surface area contributed by atoms with E-state index in [1.54, 1.807) is 24.3 Å². The van der Waals surface area contributed by atoms with Crippen molar-refractivity contribution < 1.29 is 4.79 Å². The summed E-state index contributed by atoms with van der Waals surface area (Å²) in [5.41, 5.74) is 1.47. The van der Waals surface area contributed by atoms with Crippen LogP contribution in [0.5, 0.6) is 0 Å². The van der Waals surface area contributed by atoms with E-state index in [2.05, 4.69) is 15.2 Å². The number of pyridine rings is 1. The first-order valence-electron chi connectivity index (χ1n) is 7.46. The molecular formula is C17H18ClN3O. The number of halogens is 1. The molecule has 0 bridgehead atoms. The number of benzene rings is 1. The third-order valence-corrected chi connectivity index (χ3v) is 4.14. The average Bonchev–Trinajstić information content (AvgIpc) is 3.08. The largest absolute Gasteiger partial charge is 0.357 e. The van der Waals surface area contributed by atoms with Crippen LogP contribution < -0.4 is 10.2 Å². The molecule has 1 N–H and O–H groups in total. The van der Waals surface area contributed by atoms with Crippen LogP contribution in [-0.2, 0) is 6.54 Å². The molecular weight excluding hydrogens is 298 g/mol. The molecule has 0 saturated carbocycles. The van der Waals surface area contributed by atoms with Crippen LogP contribution in [0.15, 0.2) is 42.6 Å². The van der Waals surface area contributed by atoms with E-state index < -0.39 is 0 Å². The van der Waals surface area contributed by atoms with Crippen molar-refractivity contribution in [3.05, 3.63) is 58.7 Å². The smallest absolute Gasteiger partial charge is 0.253 e. The van der Waals surface area contributed by atoms with Gasteiger partial charge in [-0.05, 0) is 36.6 Å². The highest BCUT2D eigenvalue weighted by molar-refractivity contribution is 6.33. The Hall–Kier alpha value is -2.07. The minimum Gasteiger partial charge on any atom is -0.357 e. The molecule has 2 aromatic rings. The number of nitrogens with zero attached hydrogens (tertiary/aromatic N) is 2. The summed E-state index contributed by atoms with van der Waals surface area (Å²) in [4.78, 5) is 18.9. The van der Waals surface area contributed by atoms with Gasteiger partial charge in [-0.2, -0.15) is 0 Å². The van der Waals surface area contributed by atoms with Crippen LogP contribution in [0.4, 0.5) is 5.82 Å². The number of carbonyl (C=O) groups is 1. The van der Waals surface area contributed by atoms with Crippen LogP contribution in [0.2, 0.25) is 5.02 Å². The fraction of sp³-hybridized carbons (Fsp3) is 0.294. The third-order valence-electron chi connectivity index (χ3n) is 3.81. The highest BCUT2D eigenvalue weighted by Gasteiger charge is 2.13. The maximum absolute atomic E-state index is 12.1. The second kappa shape index (κ2) is 6.79. The van der Waals surface area contributed by atoms with Gasteiger partial charge in [0.05, 0.1) is 10.6 Å². The van der Waals surface area contributed by atoms with Crippen LogP contribution >= 0.6 is 11.6 Å². The van der Waals surface area contributed by atoms with Gasteiger partial charge >= 0.3 is 0 Å². The lowest BCUT2D eigenvalue weighted by Gasteiger charge is -2.16. The van der Waals surface area contributed by atoms with Gasteiger partial charge in [0.2, 0.25) is 0 Å². The number of hydrogen-bond donors (Lipinski definition) is 1. The Balaban J connectivity index is 1.59. The minimum atomic E-state index is -0.172. The Morgan fingerprint density at radius 2 is 1.95 bits per heavy atom. The number of aromatic nitrogens is 1. The maximum Gasteiger partial charge on any atom is 0.253 e. The van der Waals surface area contributed by atoms with Gasteiger partial charge in [0.1, 0.15) is 5.82 Å². The summed E-state index contributed by atoms with van der Waals surface area (Å²) in [5.74, 6) is 0.841. The summed E-state index contributed by atoms with van der Waals surface area (Å²) < 4.78 is 0. The number of nitrogens with one attached hydrogen (secondary N) is 1. The fourth-order valence-corrected chi connectivity index (χ4v) is 2.80. The number of carbonyl (C=O) groups excluding carboxylic acids is 1. The first-order valence-corrected chi connectivity index (χ1v) is 7.84. The predicted octanol–water partition coefficient (Wildman–Crippen LogP) is 3.27. The number of rotatable bonds is 4. The molecule has 1 aliphatic rings. The molecule has 0 radical (unpaired) electrons. The van der Waals surface area contributed by atoms with Crippen LogP contribution in [0.3, 0.4) is 0 Å². The highest BCUT2D eigenvalue weighted by Crippen LogP contribution is 2.18. The second-order valence-electron chi connectivity index (χ2n) is 5.38. The fourth-order valence-electron chi connectivity index (χ4n) is 2.58. The first-order chi connectivity index (χ1) is 10.7. The Kier molecular flexibility index (Phi) is 4.59. The van der Waals surface area contributed by atoms with E-state index in [4.69, 9.17) is 11.6 Å². The van der Waals surface area contributed by atoms with Crippen molar-refractivity contribution in [3.63, 3.8) is 0 Å². The Morgan fingerprint density at radius 1 is 1.18 bits per heavy atom. The lowest BCUT2D eigenvalue weighted by Crippen LogP contribution is -2.23. The van der Waals surface area contributed by atoms with Crippen molar-refractivity contribution >= 4 is 23.3 Å².